The van der Waals surface area contributed by atoms with Gasteiger partial charge >= 0.3 is 5.97 Å². The number of carbonyl (C=O) groups is 4. The van der Waals surface area contributed by atoms with E-state index >= 15 is 0 Å². The highest BCUT2D eigenvalue weighted by molar-refractivity contribution is 6.15. The molecular formula is C20H20N4O5. The van der Waals surface area contributed by atoms with E-state index in [2.05, 4.69) is 5.32 Å². The van der Waals surface area contributed by atoms with Gasteiger partial charge in [-0.05, 0) is 25.0 Å². The van der Waals surface area contributed by atoms with Crippen molar-refractivity contribution in [3.8, 4) is 6.07 Å². The second kappa shape index (κ2) is 7.20. The Kier molecular flexibility index (Phi) is 4.70. The van der Waals surface area contributed by atoms with Gasteiger partial charge in [-0.3, -0.25) is 19.3 Å². The van der Waals surface area contributed by atoms with E-state index in [4.69, 9.17) is 10.00 Å². The van der Waals surface area contributed by atoms with Crippen molar-refractivity contribution in [2.75, 3.05) is 18.1 Å². The first kappa shape index (κ1) is 18.9. The molecule has 1 aromatic rings. The Morgan fingerprint density at radius 1 is 1.28 bits per heavy atom. The fourth-order valence-electron chi connectivity index (χ4n) is 4.07. The topological polar surface area (TPSA) is 120 Å². The Bertz CT molecular complexity index is 935. The number of nitriles is 1. The lowest BCUT2D eigenvalue weighted by atomic mass is 9.96. The summed E-state index contributed by atoms with van der Waals surface area (Å²) < 4.78 is 5.28. The van der Waals surface area contributed by atoms with E-state index in [0.29, 0.717) is 11.3 Å². The van der Waals surface area contributed by atoms with E-state index in [9.17, 15) is 19.2 Å². The number of esters is 1. The summed E-state index contributed by atoms with van der Waals surface area (Å²) in [6, 6.07) is 8.50. The van der Waals surface area contributed by atoms with E-state index in [-0.39, 0.29) is 43.7 Å². The van der Waals surface area contributed by atoms with Gasteiger partial charge < -0.3 is 15.0 Å². The van der Waals surface area contributed by atoms with Gasteiger partial charge in [0.2, 0.25) is 11.6 Å². The summed E-state index contributed by atoms with van der Waals surface area (Å²) in [4.78, 5) is 54.0. The second-order valence-electron chi connectivity index (χ2n) is 7.30. The summed E-state index contributed by atoms with van der Waals surface area (Å²) in [7, 11) is 0. The van der Waals surface area contributed by atoms with Crippen LogP contribution in [0.4, 0.5) is 5.69 Å². The van der Waals surface area contributed by atoms with E-state index in [1.807, 2.05) is 6.07 Å². The molecule has 1 atom stereocenters. The molecule has 1 saturated carbocycles. The largest absolute Gasteiger partial charge is 0.452 e. The van der Waals surface area contributed by atoms with Crippen LogP contribution in [0.25, 0.3) is 0 Å². The molecule has 4 rings (SSSR count). The molecule has 3 amide bonds. The third-order valence-electron chi connectivity index (χ3n) is 5.43. The molecule has 1 N–H and O–H groups in total. The van der Waals surface area contributed by atoms with Gasteiger partial charge in [0, 0.05) is 25.4 Å². The molecule has 1 aromatic carbocycles. The number of para-hydroxylation sites is 1. The molecule has 9 nitrogen and oxygen atoms in total. The Labute approximate surface area is 167 Å². The van der Waals surface area contributed by atoms with Crippen LogP contribution in [-0.4, -0.2) is 53.4 Å². The van der Waals surface area contributed by atoms with Gasteiger partial charge in [0.15, 0.2) is 6.61 Å². The molecule has 0 radical (unpaired) electrons. The number of fused-ring (bicyclic) bond motifs is 3. The molecule has 3 aliphatic rings. The van der Waals surface area contributed by atoms with Gasteiger partial charge in [-0.25, -0.2) is 4.79 Å². The number of anilines is 1. The molecule has 1 aliphatic carbocycles. The van der Waals surface area contributed by atoms with Crippen molar-refractivity contribution in [3.05, 3.63) is 29.8 Å². The predicted molar refractivity (Wildman–Crippen MR) is 99.3 cm³/mol. The minimum atomic E-state index is -1.56. The van der Waals surface area contributed by atoms with Crippen LogP contribution in [0.15, 0.2) is 24.3 Å². The number of amides is 3. The Balaban J connectivity index is 1.65. The summed E-state index contributed by atoms with van der Waals surface area (Å²) in [5.74, 6) is -1.88. The predicted octanol–water partition coefficient (Wildman–Crippen LogP) is 0.701. The van der Waals surface area contributed by atoms with E-state index in [1.165, 1.54) is 9.80 Å². The molecule has 2 fully saturated rings. The van der Waals surface area contributed by atoms with Crippen molar-refractivity contribution in [3.63, 3.8) is 0 Å². The third-order valence-corrected chi connectivity index (χ3v) is 5.43. The maximum absolute atomic E-state index is 13.2. The molecule has 0 bridgehead atoms. The van der Waals surface area contributed by atoms with E-state index in [1.54, 1.807) is 24.3 Å². The van der Waals surface area contributed by atoms with Crippen LogP contribution in [0.3, 0.4) is 0 Å². The molecule has 9 heteroatoms. The standard InChI is InChI=1S/C20H20N4O5/c21-10-3-11-22-16(25)12-29-19(28)20-9-8-17(26)24(20)15-5-2-1-4-14(15)18(27)23(20)13-6-7-13/h1-2,4-5,13H,3,6-9,11-12H2,(H,22,25)/t20-/m0/s1. The van der Waals surface area contributed by atoms with Crippen molar-refractivity contribution in [2.45, 2.75) is 43.8 Å². The molecule has 2 aliphatic heterocycles. The molecular weight excluding hydrogens is 376 g/mol. The smallest absolute Gasteiger partial charge is 0.354 e. The number of benzene rings is 1. The van der Waals surface area contributed by atoms with Crippen LogP contribution in [0.2, 0.25) is 0 Å². The molecule has 150 valence electrons. The highest BCUT2D eigenvalue weighted by Crippen LogP contribution is 2.49. The van der Waals surface area contributed by atoms with Crippen LogP contribution in [-0.2, 0) is 19.1 Å². The van der Waals surface area contributed by atoms with Crippen LogP contribution in [0.5, 0.6) is 0 Å². The maximum Gasteiger partial charge on any atom is 0.354 e. The van der Waals surface area contributed by atoms with Crippen molar-refractivity contribution < 1.29 is 23.9 Å². The highest BCUT2D eigenvalue weighted by atomic mass is 16.5. The molecule has 0 aromatic heterocycles. The molecule has 1 saturated heterocycles. The first-order chi connectivity index (χ1) is 14.0. The summed E-state index contributed by atoms with van der Waals surface area (Å²) in [5.41, 5.74) is -0.781. The van der Waals surface area contributed by atoms with Gasteiger partial charge in [-0.1, -0.05) is 12.1 Å². The Morgan fingerprint density at radius 3 is 2.76 bits per heavy atom. The quantitative estimate of drug-likeness (QED) is 0.558. The number of nitrogens with zero attached hydrogens (tertiary/aromatic N) is 3. The highest BCUT2D eigenvalue weighted by Gasteiger charge is 2.64. The maximum atomic E-state index is 13.2. The normalized spacial score (nSPS) is 22.6. The first-order valence-corrected chi connectivity index (χ1v) is 9.57. The molecule has 2 heterocycles. The van der Waals surface area contributed by atoms with Crippen molar-refractivity contribution in [1.82, 2.24) is 10.2 Å². The van der Waals surface area contributed by atoms with Gasteiger partial charge in [0.05, 0.1) is 23.7 Å². The summed E-state index contributed by atoms with van der Waals surface area (Å²) in [6.45, 7) is -0.384. The number of nitrogens with one attached hydrogen (secondary N) is 1. The monoisotopic (exact) mass is 396 g/mol. The minimum Gasteiger partial charge on any atom is -0.452 e. The third kappa shape index (κ3) is 3.01. The zero-order valence-electron chi connectivity index (χ0n) is 15.7. The zero-order chi connectivity index (χ0) is 20.6. The lowest BCUT2D eigenvalue weighted by molar-refractivity contribution is -0.160. The second-order valence-corrected chi connectivity index (χ2v) is 7.30. The number of rotatable bonds is 6. The lowest BCUT2D eigenvalue weighted by Gasteiger charge is -2.48. The van der Waals surface area contributed by atoms with Gasteiger partial charge in [0.1, 0.15) is 0 Å². The van der Waals surface area contributed by atoms with Gasteiger partial charge in [-0.15, -0.1) is 0 Å². The van der Waals surface area contributed by atoms with Gasteiger partial charge in [0.25, 0.3) is 11.8 Å². The first-order valence-electron chi connectivity index (χ1n) is 9.57. The lowest BCUT2D eigenvalue weighted by Crippen LogP contribution is -2.69. The zero-order valence-corrected chi connectivity index (χ0v) is 15.7. The summed E-state index contributed by atoms with van der Waals surface area (Å²) in [6.07, 6.45) is 1.87. The number of hydrogen-bond acceptors (Lipinski definition) is 6. The minimum absolute atomic E-state index is 0.105. The van der Waals surface area contributed by atoms with Crippen molar-refractivity contribution >= 4 is 29.4 Å². The Morgan fingerprint density at radius 2 is 2.03 bits per heavy atom. The van der Waals surface area contributed by atoms with Crippen LogP contribution < -0.4 is 10.2 Å². The summed E-state index contributed by atoms with van der Waals surface area (Å²) in [5, 5.41) is 11.0. The SMILES string of the molecule is N#CCCNC(=O)COC(=O)[C@]12CCC(=O)N1c1ccccc1C(=O)N2C1CC1. The average molecular weight is 396 g/mol. The van der Waals surface area contributed by atoms with E-state index < -0.39 is 24.1 Å². The average Bonchev–Trinajstić information content (AvgIpc) is 3.49. The fourth-order valence-corrected chi connectivity index (χ4v) is 4.07. The number of hydrogen-bond donors (Lipinski definition) is 1. The number of ether oxygens (including phenoxy) is 1. The van der Waals surface area contributed by atoms with Gasteiger partial charge in [-0.2, -0.15) is 5.26 Å². The molecule has 0 unspecified atom stereocenters. The number of carbonyl (C=O) groups excluding carboxylic acids is 4. The summed E-state index contributed by atoms with van der Waals surface area (Å²) >= 11 is 0. The Hall–Kier alpha value is -3.41. The van der Waals surface area contributed by atoms with E-state index in [0.717, 1.165) is 12.8 Å². The van der Waals surface area contributed by atoms with Crippen molar-refractivity contribution in [1.29, 1.82) is 5.26 Å². The molecule has 29 heavy (non-hydrogen) atoms. The van der Waals surface area contributed by atoms with Crippen LogP contribution in [0.1, 0.15) is 42.5 Å². The fraction of sp³-hybridized carbons (Fsp3) is 0.450. The van der Waals surface area contributed by atoms with Crippen molar-refractivity contribution in [2.24, 2.45) is 0 Å². The van der Waals surface area contributed by atoms with Crippen LogP contribution >= 0.6 is 0 Å². The molecule has 0 spiro atoms. The van der Waals surface area contributed by atoms with Crippen LogP contribution in [0, 0.1) is 11.3 Å².